The average molecular weight is 257 g/mol. The van der Waals surface area contributed by atoms with Crippen LogP contribution in [-0.2, 0) is 7.05 Å². The van der Waals surface area contributed by atoms with Crippen molar-refractivity contribution in [1.29, 1.82) is 0 Å². The molecule has 1 heterocycles. The van der Waals surface area contributed by atoms with E-state index in [1.807, 2.05) is 0 Å². The maximum absolute atomic E-state index is 11.8. The molecule has 0 atom stereocenters. The van der Waals surface area contributed by atoms with Gasteiger partial charge in [-0.2, -0.15) is 0 Å². The number of hydrogen-bond donors (Lipinski definition) is 0. The molecule has 0 amide bonds. The molecule has 2 aromatic rings. The lowest BCUT2D eigenvalue weighted by Crippen LogP contribution is -2.03. The number of imidazole rings is 1. The molecular formula is C13H11N3O3. The first-order chi connectivity index (χ1) is 9.08. The number of nitro groups is 1. The van der Waals surface area contributed by atoms with Gasteiger partial charge in [0.05, 0.1) is 4.92 Å². The monoisotopic (exact) mass is 257 g/mol. The summed E-state index contributed by atoms with van der Waals surface area (Å²) in [6.07, 6.45) is 6.09. The number of aryl methyl sites for hydroxylation is 1. The van der Waals surface area contributed by atoms with E-state index < -0.39 is 4.92 Å². The van der Waals surface area contributed by atoms with Crippen molar-refractivity contribution in [2.45, 2.75) is 0 Å². The van der Waals surface area contributed by atoms with Crippen molar-refractivity contribution in [1.82, 2.24) is 9.55 Å². The number of allylic oxidation sites excluding steroid dienone is 1. The molecule has 6 nitrogen and oxygen atoms in total. The van der Waals surface area contributed by atoms with Crippen LogP contribution < -0.4 is 0 Å². The van der Waals surface area contributed by atoms with E-state index in [0.717, 1.165) is 0 Å². The lowest BCUT2D eigenvalue weighted by molar-refractivity contribution is -0.384. The topological polar surface area (TPSA) is 78.0 Å². The average Bonchev–Trinajstić information content (AvgIpc) is 2.82. The van der Waals surface area contributed by atoms with E-state index in [9.17, 15) is 14.9 Å². The highest BCUT2D eigenvalue weighted by Crippen LogP contribution is 2.14. The number of ketones is 1. The predicted molar refractivity (Wildman–Crippen MR) is 69.7 cm³/mol. The molecular weight excluding hydrogens is 246 g/mol. The Kier molecular flexibility index (Phi) is 3.51. The number of non-ortho nitro benzene ring substituents is 1. The summed E-state index contributed by atoms with van der Waals surface area (Å²) >= 11 is 0. The van der Waals surface area contributed by atoms with Crippen LogP contribution in [0.25, 0.3) is 6.08 Å². The molecule has 0 aliphatic rings. The van der Waals surface area contributed by atoms with Gasteiger partial charge < -0.3 is 4.57 Å². The van der Waals surface area contributed by atoms with Gasteiger partial charge >= 0.3 is 0 Å². The number of carbonyl (C=O) groups is 1. The van der Waals surface area contributed by atoms with Crippen molar-refractivity contribution in [2.75, 3.05) is 0 Å². The summed E-state index contributed by atoms with van der Waals surface area (Å²) in [7, 11) is 1.72. The maximum Gasteiger partial charge on any atom is 0.270 e. The van der Waals surface area contributed by atoms with Gasteiger partial charge in [0.2, 0.25) is 5.78 Å². The van der Waals surface area contributed by atoms with Gasteiger partial charge in [0.1, 0.15) is 0 Å². The van der Waals surface area contributed by atoms with Crippen LogP contribution in [-0.4, -0.2) is 20.3 Å². The Morgan fingerprint density at radius 3 is 2.89 bits per heavy atom. The van der Waals surface area contributed by atoms with Gasteiger partial charge in [-0.3, -0.25) is 14.9 Å². The van der Waals surface area contributed by atoms with E-state index >= 15 is 0 Å². The van der Waals surface area contributed by atoms with Gasteiger partial charge in [0.25, 0.3) is 5.69 Å². The van der Waals surface area contributed by atoms with E-state index in [0.29, 0.717) is 11.4 Å². The third kappa shape index (κ3) is 2.92. The predicted octanol–water partition coefficient (Wildman–Crippen LogP) is 2.22. The van der Waals surface area contributed by atoms with Crippen molar-refractivity contribution in [3.63, 3.8) is 0 Å². The summed E-state index contributed by atoms with van der Waals surface area (Å²) in [5, 5.41) is 10.6. The van der Waals surface area contributed by atoms with E-state index in [-0.39, 0.29) is 11.5 Å². The molecule has 0 N–H and O–H groups in total. The number of aromatic nitrogens is 2. The van der Waals surface area contributed by atoms with Crippen molar-refractivity contribution in [3.05, 3.63) is 64.2 Å². The number of carbonyl (C=O) groups excluding carboxylic acids is 1. The van der Waals surface area contributed by atoms with Gasteiger partial charge in [-0.05, 0) is 11.6 Å². The first kappa shape index (κ1) is 12.7. The summed E-state index contributed by atoms with van der Waals surface area (Å²) in [5.41, 5.74) is 0.586. The van der Waals surface area contributed by atoms with Crippen LogP contribution >= 0.6 is 0 Å². The zero-order chi connectivity index (χ0) is 13.8. The van der Waals surface area contributed by atoms with Crippen molar-refractivity contribution in [2.24, 2.45) is 7.05 Å². The molecule has 0 saturated heterocycles. The Bertz CT molecular complexity index is 659. The Morgan fingerprint density at radius 2 is 2.26 bits per heavy atom. The number of nitro benzene ring substituents is 1. The fourth-order valence-electron chi connectivity index (χ4n) is 1.59. The zero-order valence-electron chi connectivity index (χ0n) is 10.2. The second-order valence-corrected chi connectivity index (χ2v) is 3.91. The lowest BCUT2D eigenvalue weighted by atomic mass is 10.1. The van der Waals surface area contributed by atoms with Crippen molar-refractivity contribution < 1.29 is 9.72 Å². The first-order valence-electron chi connectivity index (χ1n) is 5.52. The van der Waals surface area contributed by atoms with Crippen LogP contribution in [0.1, 0.15) is 16.2 Å². The molecule has 1 aromatic carbocycles. The molecule has 0 aliphatic carbocycles. The lowest BCUT2D eigenvalue weighted by Gasteiger charge is -1.96. The first-order valence-corrected chi connectivity index (χ1v) is 5.52. The Balaban J connectivity index is 2.19. The minimum Gasteiger partial charge on any atom is -0.331 e. The molecule has 0 spiro atoms. The van der Waals surface area contributed by atoms with Crippen LogP contribution in [0.2, 0.25) is 0 Å². The van der Waals surface area contributed by atoms with Crippen LogP contribution in [0, 0.1) is 10.1 Å². The highest BCUT2D eigenvalue weighted by atomic mass is 16.6. The van der Waals surface area contributed by atoms with Crippen LogP contribution in [0.5, 0.6) is 0 Å². The fraction of sp³-hybridized carbons (Fsp3) is 0.0769. The maximum atomic E-state index is 11.8. The number of rotatable bonds is 4. The van der Waals surface area contributed by atoms with Gasteiger partial charge in [-0.15, -0.1) is 0 Å². The van der Waals surface area contributed by atoms with Gasteiger partial charge in [-0.25, -0.2) is 4.98 Å². The standard InChI is InChI=1S/C13H11N3O3/c1-15-8-7-14-13(15)12(17)6-5-10-3-2-4-11(9-10)16(18)19/h2-9H,1H3/b6-5+. The Labute approximate surface area is 109 Å². The van der Waals surface area contributed by atoms with Crippen LogP contribution in [0.3, 0.4) is 0 Å². The molecule has 1 aromatic heterocycles. The summed E-state index contributed by atoms with van der Waals surface area (Å²) in [6.45, 7) is 0. The molecule has 0 aliphatic heterocycles. The summed E-state index contributed by atoms with van der Waals surface area (Å²) in [4.78, 5) is 25.9. The third-order valence-electron chi connectivity index (χ3n) is 2.55. The van der Waals surface area contributed by atoms with Gasteiger partial charge in [0, 0.05) is 31.6 Å². The molecule has 0 fully saturated rings. The minimum absolute atomic E-state index is 0.00779. The fourth-order valence-corrected chi connectivity index (χ4v) is 1.59. The molecule has 0 bridgehead atoms. The summed E-state index contributed by atoms with van der Waals surface area (Å²) in [5.74, 6) is 0.0701. The highest BCUT2D eigenvalue weighted by molar-refractivity contribution is 6.04. The van der Waals surface area contributed by atoms with Crippen LogP contribution in [0.4, 0.5) is 5.69 Å². The third-order valence-corrected chi connectivity index (χ3v) is 2.55. The number of nitrogens with zero attached hydrogens (tertiary/aromatic N) is 3. The molecule has 2 rings (SSSR count). The SMILES string of the molecule is Cn1ccnc1C(=O)/C=C/c1cccc([N+](=O)[O-])c1. The van der Waals surface area contributed by atoms with E-state index in [1.54, 1.807) is 29.9 Å². The van der Waals surface area contributed by atoms with Gasteiger partial charge in [-0.1, -0.05) is 18.2 Å². The van der Waals surface area contributed by atoms with E-state index in [1.165, 1.54) is 30.5 Å². The smallest absolute Gasteiger partial charge is 0.270 e. The quantitative estimate of drug-likeness (QED) is 0.364. The number of benzene rings is 1. The normalized spacial score (nSPS) is 10.8. The van der Waals surface area contributed by atoms with Crippen molar-refractivity contribution in [3.8, 4) is 0 Å². The minimum atomic E-state index is -0.474. The zero-order valence-corrected chi connectivity index (χ0v) is 10.2. The largest absolute Gasteiger partial charge is 0.331 e. The van der Waals surface area contributed by atoms with Gasteiger partial charge in [0.15, 0.2) is 5.82 Å². The van der Waals surface area contributed by atoms with Crippen molar-refractivity contribution >= 4 is 17.5 Å². The summed E-state index contributed by atoms with van der Waals surface area (Å²) in [6, 6.07) is 6.07. The molecule has 0 saturated carbocycles. The second kappa shape index (κ2) is 5.26. The molecule has 0 unspecified atom stereocenters. The number of hydrogen-bond acceptors (Lipinski definition) is 4. The summed E-state index contributed by atoms with van der Waals surface area (Å²) < 4.78 is 1.61. The molecule has 19 heavy (non-hydrogen) atoms. The molecule has 0 radical (unpaired) electrons. The van der Waals surface area contributed by atoms with E-state index in [4.69, 9.17) is 0 Å². The van der Waals surface area contributed by atoms with E-state index in [2.05, 4.69) is 4.98 Å². The Hall–Kier alpha value is -2.76. The second-order valence-electron chi connectivity index (χ2n) is 3.91. The Morgan fingerprint density at radius 1 is 1.47 bits per heavy atom. The van der Waals surface area contributed by atoms with Crippen LogP contribution in [0.15, 0.2) is 42.7 Å². The highest BCUT2D eigenvalue weighted by Gasteiger charge is 2.07. The molecule has 6 heteroatoms. The molecule has 96 valence electrons.